The molecule has 1 amide bonds. The van der Waals surface area contributed by atoms with E-state index in [1.54, 1.807) is 0 Å². The number of amides is 1. The molecule has 0 aromatic carbocycles. The third kappa shape index (κ3) is 7.44. The van der Waals surface area contributed by atoms with Gasteiger partial charge in [-0.15, -0.1) is 0 Å². The molecule has 10 unspecified atom stereocenters. The van der Waals surface area contributed by atoms with Crippen LogP contribution in [0.25, 0.3) is 0 Å². The Morgan fingerprint density at radius 3 is 2.47 bits per heavy atom. The highest BCUT2D eigenvalue weighted by molar-refractivity contribution is 7.61. The molecule has 1 aromatic rings. The number of aryl methyl sites for hydroxylation is 1. The first kappa shape index (κ1) is 30.7. The zero-order valence-corrected chi connectivity index (χ0v) is 22.1. The second kappa shape index (κ2) is 11.8. The average Bonchev–Trinajstić information content (AvgIpc) is 3.15. The highest BCUT2D eigenvalue weighted by Gasteiger charge is 2.48. The van der Waals surface area contributed by atoms with E-state index in [1.165, 1.54) is 20.0 Å². The van der Waals surface area contributed by atoms with E-state index in [4.69, 9.17) is 9.47 Å². The number of carbonyl (C=O) groups is 1. The standard InChI is InChI=1S/C18H29N3O15P2/c1-7-5-21(18(27)20-16(7)26)12-4-10(23)11(34-12)6-32-37(28,29)36-38(30,31)35-17-15(25)13(19-9(3)22)14(24)8(2)33-17/h5,8,10-15,17,23-25H,4,6H2,1-3H3,(H,19,22)(H,28,29)(H,30,31)(H,20,26,27). The van der Waals surface area contributed by atoms with E-state index in [0.29, 0.717) is 0 Å². The van der Waals surface area contributed by atoms with Gasteiger partial charge >= 0.3 is 21.3 Å². The van der Waals surface area contributed by atoms with Crippen LogP contribution in [-0.2, 0) is 36.8 Å². The molecule has 2 aliphatic heterocycles. The second-order valence-electron chi connectivity index (χ2n) is 8.75. The summed E-state index contributed by atoms with van der Waals surface area (Å²) < 4.78 is 49.8. The number of aromatic nitrogens is 2. The number of rotatable bonds is 9. The third-order valence-corrected chi connectivity index (χ3v) is 8.32. The first-order valence-corrected chi connectivity index (χ1v) is 14.1. The molecule has 2 aliphatic rings. The van der Waals surface area contributed by atoms with E-state index < -0.39 is 88.5 Å². The van der Waals surface area contributed by atoms with E-state index in [1.807, 2.05) is 0 Å². The van der Waals surface area contributed by atoms with Crippen molar-refractivity contribution in [3.8, 4) is 0 Å². The summed E-state index contributed by atoms with van der Waals surface area (Å²) >= 11 is 0. The van der Waals surface area contributed by atoms with Crippen LogP contribution >= 0.6 is 15.6 Å². The first-order valence-electron chi connectivity index (χ1n) is 11.1. The lowest BCUT2D eigenvalue weighted by atomic mass is 9.97. The number of nitrogens with one attached hydrogen (secondary N) is 2. The number of aliphatic hydroxyl groups is 3. The zero-order valence-electron chi connectivity index (χ0n) is 20.3. The van der Waals surface area contributed by atoms with E-state index in [0.717, 1.165) is 11.5 Å². The van der Waals surface area contributed by atoms with Gasteiger partial charge < -0.3 is 39.9 Å². The SMILES string of the molecule is CC(=O)NC1C(O)C(C)OC(OP(=O)(O)OP(=O)(O)OCC2OC(n3cc(C)c(=O)[nH]c3=O)CC2O)C1O. The summed E-state index contributed by atoms with van der Waals surface area (Å²) in [5.41, 5.74) is -1.24. The molecular weight excluding hydrogens is 560 g/mol. The van der Waals surface area contributed by atoms with Crippen LogP contribution in [0.2, 0.25) is 0 Å². The predicted molar refractivity (Wildman–Crippen MR) is 122 cm³/mol. The summed E-state index contributed by atoms with van der Waals surface area (Å²) in [5, 5.41) is 32.9. The second-order valence-corrected chi connectivity index (χ2v) is 11.7. The van der Waals surface area contributed by atoms with Crippen LogP contribution in [0.15, 0.2) is 15.8 Å². The van der Waals surface area contributed by atoms with Gasteiger partial charge in [0.2, 0.25) is 5.91 Å². The van der Waals surface area contributed by atoms with Crippen LogP contribution in [0.3, 0.4) is 0 Å². The molecule has 7 N–H and O–H groups in total. The fourth-order valence-corrected chi connectivity index (χ4v) is 5.99. The maximum Gasteiger partial charge on any atom is 0.483 e. The van der Waals surface area contributed by atoms with Gasteiger partial charge in [0.25, 0.3) is 5.56 Å². The largest absolute Gasteiger partial charge is 0.483 e. The van der Waals surface area contributed by atoms with Gasteiger partial charge in [-0.05, 0) is 13.8 Å². The fraction of sp³-hybridized carbons (Fsp3) is 0.722. The Morgan fingerprint density at radius 1 is 1.18 bits per heavy atom. The molecule has 216 valence electrons. The van der Waals surface area contributed by atoms with Gasteiger partial charge in [0, 0.05) is 25.1 Å². The minimum atomic E-state index is -5.48. The molecule has 3 rings (SSSR count). The third-order valence-electron chi connectivity index (χ3n) is 5.72. The van der Waals surface area contributed by atoms with E-state index in [2.05, 4.69) is 23.7 Å². The van der Waals surface area contributed by atoms with Crippen molar-refractivity contribution in [3.63, 3.8) is 0 Å². The van der Waals surface area contributed by atoms with Crippen LogP contribution in [0.5, 0.6) is 0 Å². The van der Waals surface area contributed by atoms with Crippen LogP contribution in [-0.4, -0.2) is 90.0 Å². The van der Waals surface area contributed by atoms with Crippen LogP contribution in [0.4, 0.5) is 0 Å². The van der Waals surface area contributed by atoms with Crippen molar-refractivity contribution in [1.29, 1.82) is 0 Å². The van der Waals surface area contributed by atoms with Crippen molar-refractivity contribution >= 4 is 21.6 Å². The minimum absolute atomic E-state index is 0.159. The number of ether oxygens (including phenoxy) is 2. The number of aromatic amines is 1. The lowest BCUT2D eigenvalue weighted by molar-refractivity contribution is -0.244. The van der Waals surface area contributed by atoms with Gasteiger partial charge in [0.15, 0.2) is 6.29 Å². The number of hydrogen-bond donors (Lipinski definition) is 7. The van der Waals surface area contributed by atoms with Gasteiger partial charge in [-0.3, -0.25) is 28.2 Å². The van der Waals surface area contributed by atoms with E-state index in [-0.39, 0.29) is 12.0 Å². The van der Waals surface area contributed by atoms with Gasteiger partial charge in [-0.2, -0.15) is 4.31 Å². The molecule has 0 radical (unpaired) electrons. The summed E-state index contributed by atoms with van der Waals surface area (Å²) in [6.45, 7) is 3.02. The number of carbonyl (C=O) groups excluding carboxylic acids is 1. The molecule has 2 fully saturated rings. The fourth-order valence-electron chi connectivity index (χ4n) is 3.84. The van der Waals surface area contributed by atoms with Crippen molar-refractivity contribution in [1.82, 2.24) is 14.9 Å². The lowest BCUT2D eigenvalue weighted by Crippen LogP contribution is -2.63. The number of hydrogen-bond acceptors (Lipinski definition) is 13. The van der Waals surface area contributed by atoms with Crippen molar-refractivity contribution < 1.29 is 61.9 Å². The number of nitrogens with zero attached hydrogens (tertiary/aromatic N) is 1. The van der Waals surface area contributed by atoms with Crippen molar-refractivity contribution in [2.24, 2.45) is 0 Å². The Labute approximate surface area is 214 Å². The van der Waals surface area contributed by atoms with Gasteiger partial charge in [0.05, 0.1) is 24.9 Å². The quantitative estimate of drug-likeness (QED) is 0.150. The molecule has 20 heteroatoms. The van der Waals surface area contributed by atoms with E-state index >= 15 is 0 Å². The summed E-state index contributed by atoms with van der Waals surface area (Å²) in [7, 11) is -10.8. The molecular formula is C18H29N3O15P2. The molecule has 3 heterocycles. The maximum atomic E-state index is 12.4. The topological polar surface area (TPSA) is 265 Å². The zero-order chi connectivity index (χ0) is 28.6. The first-order chi connectivity index (χ1) is 17.5. The molecule has 2 saturated heterocycles. The molecule has 0 aliphatic carbocycles. The van der Waals surface area contributed by atoms with Crippen LogP contribution in [0, 0.1) is 6.92 Å². The van der Waals surface area contributed by atoms with Crippen molar-refractivity contribution in [2.45, 2.75) is 76.3 Å². The molecule has 1 aromatic heterocycles. The number of phosphoric ester groups is 2. The normalized spacial score (nSPS) is 34.8. The molecule has 0 bridgehead atoms. The van der Waals surface area contributed by atoms with Gasteiger partial charge in [-0.1, -0.05) is 0 Å². The predicted octanol–water partition coefficient (Wildman–Crippen LogP) is -2.28. The number of H-pyrrole nitrogens is 1. The Balaban J connectivity index is 1.60. The molecule has 38 heavy (non-hydrogen) atoms. The monoisotopic (exact) mass is 589 g/mol. The Hall–Kier alpha value is -1.79. The smallest absolute Gasteiger partial charge is 0.390 e. The Bertz CT molecular complexity index is 1240. The van der Waals surface area contributed by atoms with Gasteiger partial charge in [0.1, 0.15) is 24.5 Å². The maximum absolute atomic E-state index is 12.4. The number of aliphatic hydroxyl groups excluding tert-OH is 3. The lowest BCUT2D eigenvalue weighted by Gasteiger charge is -2.41. The molecule has 10 atom stereocenters. The van der Waals surface area contributed by atoms with Crippen LogP contribution in [0.1, 0.15) is 32.1 Å². The molecule has 0 saturated carbocycles. The minimum Gasteiger partial charge on any atom is -0.390 e. The van der Waals surface area contributed by atoms with Crippen molar-refractivity contribution in [2.75, 3.05) is 6.61 Å². The summed E-state index contributed by atoms with van der Waals surface area (Å²) in [6.07, 6.45) is -8.98. The van der Waals surface area contributed by atoms with Crippen LogP contribution < -0.4 is 16.6 Å². The Morgan fingerprint density at radius 2 is 1.84 bits per heavy atom. The van der Waals surface area contributed by atoms with E-state index in [9.17, 15) is 48.6 Å². The highest BCUT2D eigenvalue weighted by atomic mass is 31.3. The van der Waals surface area contributed by atoms with Gasteiger partial charge in [-0.25, -0.2) is 13.9 Å². The number of phosphoric acid groups is 2. The summed E-state index contributed by atoms with van der Waals surface area (Å²) in [6, 6.07) is -1.37. The Kier molecular flexibility index (Phi) is 9.51. The summed E-state index contributed by atoms with van der Waals surface area (Å²) in [4.78, 5) is 56.9. The summed E-state index contributed by atoms with van der Waals surface area (Å²) in [5.74, 6) is -0.642. The molecule has 18 nitrogen and oxygen atoms in total. The highest BCUT2D eigenvalue weighted by Crippen LogP contribution is 2.61. The molecule has 0 spiro atoms. The van der Waals surface area contributed by atoms with Crippen molar-refractivity contribution in [3.05, 3.63) is 32.6 Å². The average molecular weight is 589 g/mol.